The van der Waals surface area contributed by atoms with Crippen molar-refractivity contribution in [3.63, 3.8) is 0 Å². The predicted molar refractivity (Wildman–Crippen MR) is 493 cm³/mol. The number of rotatable bonds is 13. The molecule has 5 aromatic carbocycles. The van der Waals surface area contributed by atoms with Crippen LogP contribution in [0.1, 0.15) is 115 Å². The number of nitrogens with zero attached hydrogens (tertiary/aromatic N) is 15. The van der Waals surface area contributed by atoms with Gasteiger partial charge < -0.3 is 14.2 Å². The standard InChI is InChI=1S/C15H11Cl6N3O2.C14H9Cl6N3O.C13H6Cl7N3.2C13H7Cl6N3/c1-25-9-5-3-8(7-10(9)26-2)4-6-11-22-12(14(16,17)18)24-13(23-11)15(19,20)21;1-24-9-5-2-8(3-6-9)4-7-10-21-11(13(15,16)17)23-12(22-10)14(18,19)20;14-8-4-1-7(2-5-8)3-6-9-21-10(12(15,16)17)23-11(22-9)13(18,19)20;2*14-12(15,16)10-20-9(21-11(22-10)13(17,18)19)7-6-8-4-2-1-3-5-8/h3-7H,1-2H3;2-7H,1H3;1-6H;2*1-7H. The number of aromatic nitrogens is 15. The Kier molecular flexibility index (Phi) is 40.5. The van der Waals surface area contributed by atoms with Crippen LogP contribution in [-0.4, -0.2) is 96.1 Å². The average molecular weight is 2210 g/mol. The minimum atomic E-state index is -1.90. The van der Waals surface area contributed by atoms with Gasteiger partial charge >= 0.3 is 0 Å². The molecule has 0 aliphatic carbocycles. The van der Waals surface area contributed by atoms with E-state index in [1.807, 2.05) is 103 Å². The molecule has 0 aliphatic heterocycles. The highest BCUT2D eigenvalue weighted by atomic mass is 35.6. The molecule has 0 radical (unpaired) electrons. The lowest BCUT2D eigenvalue weighted by Gasteiger charge is -2.14. The van der Waals surface area contributed by atoms with Crippen molar-refractivity contribution in [1.82, 2.24) is 74.8 Å². The molecule has 5 heterocycles. The second-order valence-corrected chi connectivity index (χ2v) is 44.9. The van der Waals surface area contributed by atoms with E-state index >= 15 is 0 Å². The fraction of sp³-hybridized carbons (Fsp3) is 0.191. The molecular weight excluding hydrogens is 2170 g/mol. The minimum Gasteiger partial charge on any atom is -0.497 e. The number of alkyl halides is 30. The van der Waals surface area contributed by atoms with Gasteiger partial charge in [-0.3, -0.25) is 0 Å². The Morgan fingerprint density at radius 2 is 0.402 bits per heavy atom. The summed E-state index contributed by atoms with van der Waals surface area (Å²) in [6, 6.07) is 38.8. The maximum atomic E-state index is 5.84. The first-order chi connectivity index (χ1) is 54.0. The molecule has 117 heavy (non-hydrogen) atoms. The van der Waals surface area contributed by atoms with Gasteiger partial charge in [0, 0.05) is 5.02 Å². The fourth-order valence-corrected chi connectivity index (χ4v) is 10.5. The molecule has 622 valence electrons. The van der Waals surface area contributed by atoms with Crippen LogP contribution in [0.4, 0.5) is 0 Å². The van der Waals surface area contributed by atoms with Crippen LogP contribution in [0.15, 0.2) is 127 Å². The molecule has 10 aromatic rings. The predicted octanol–water partition coefficient (Wildman–Crippen LogP) is 29.2. The molecule has 0 N–H and O–H groups in total. The molecule has 0 atom stereocenters. The van der Waals surface area contributed by atoms with Crippen molar-refractivity contribution in [3.8, 4) is 17.2 Å². The Hall–Kier alpha value is -1.76. The SMILES string of the molecule is COc1ccc(C=Cc2nc(C(Cl)(Cl)Cl)nc(C(Cl)(Cl)Cl)n2)cc1.COc1ccc(C=Cc2nc(C(Cl)(Cl)Cl)nc(C(Cl)(Cl)Cl)n2)cc1OC.ClC(Cl)(Cl)c1nc(C=Cc2ccccc2)nc(C(Cl)(Cl)Cl)n1.ClC(Cl)(Cl)c1nc(C=Cc2ccccc2)nc(C(Cl)(Cl)Cl)n1.Clc1ccc(C=Cc2nc(C(Cl)(Cl)Cl)nc(C(Cl)(Cl)Cl)n2)cc1. The van der Waals surface area contributed by atoms with Crippen LogP contribution in [0.2, 0.25) is 5.02 Å². The van der Waals surface area contributed by atoms with Gasteiger partial charge in [-0.25, -0.2) is 74.8 Å². The molecule has 0 aliphatic rings. The summed E-state index contributed by atoms with van der Waals surface area (Å²) >= 11 is 180. The van der Waals surface area contributed by atoms with E-state index in [9.17, 15) is 0 Å². The smallest absolute Gasteiger partial charge is 0.250 e. The minimum absolute atomic E-state index is 0.124. The third-order valence-corrected chi connectivity index (χ3v) is 18.2. The lowest BCUT2D eigenvalue weighted by Crippen LogP contribution is -2.16. The number of hydrogen-bond donors (Lipinski definition) is 0. The summed E-state index contributed by atoms with van der Waals surface area (Å²) < 4.78 is -3.22. The molecule has 10 rings (SSSR count). The monoisotopic (exact) mass is 2200 g/mol. The lowest BCUT2D eigenvalue weighted by molar-refractivity contribution is 0.355. The van der Waals surface area contributed by atoms with Gasteiger partial charge in [0.05, 0.1) is 21.3 Å². The van der Waals surface area contributed by atoms with Crippen molar-refractivity contribution in [2.75, 3.05) is 21.3 Å². The van der Waals surface area contributed by atoms with Crippen molar-refractivity contribution in [2.45, 2.75) is 37.9 Å². The number of ether oxygens (including phenoxy) is 3. The summed E-state index contributed by atoms with van der Waals surface area (Å²) in [7, 11) is 4.68. The van der Waals surface area contributed by atoms with Crippen LogP contribution in [-0.2, 0) is 37.9 Å². The summed E-state index contributed by atoms with van der Waals surface area (Å²) in [5, 5.41) is 0.624. The zero-order chi connectivity index (χ0) is 87.5. The molecule has 0 amide bonds. The summed E-state index contributed by atoms with van der Waals surface area (Å²) in [5.41, 5.74) is 4.40. The first-order valence-electron chi connectivity index (χ1n) is 30.7. The highest BCUT2D eigenvalue weighted by Crippen LogP contribution is 2.46. The topological polar surface area (TPSA) is 221 Å². The highest BCUT2D eigenvalue weighted by Gasteiger charge is 2.39. The van der Waals surface area contributed by atoms with Crippen LogP contribution in [0.25, 0.3) is 60.8 Å². The molecule has 0 bridgehead atoms. The summed E-state index contributed by atoms with van der Waals surface area (Å²) in [6.07, 6.45) is 16.7. The van der Waals surface area contributed by atoms with E-state index in [1.165, 1.54) is 7.11 Å². The van der Waals surface area contributed by atoms with Crippen molar-refractivity contribution in [2.24, 2.45) is 0 Å². The maximum absolute atomic E-state index is 5.84. The van der Waals surface area contributed by atoms with Crippen LogP contribution in [0, 0.1) is 0 Å². The molecule has 0 fully saturated rings. The van der Waals surface area contributed by atoms with E-state index in [2.05, 4.69) is 74.8 Å². The zero-order valence-electron chi connectivity index (χ0n) is 57.5. The Labute approximate surface area is 823 Å². The number of hydrogen-bond acceptors (Lipinski definition) is 18. The van der Waals surface area contributed by atoms with Crippen molar-refractivity contribution < 1.29 is 14.2 Å². The number of benzene rings is 5. The van der Waals surface area contributed by atoms with Gasteiger partial charge in [-0.05, 0) is 94.6 Å². The van der Waals surface area contributed by atoms with Crippen molar-refractivity contribution in [3.05, 3.63) is 248 Å². The zero-order valence-corrected chi connectivity index (χ0v) is 81.0. The average Bonchev–Trinajstić information content (AvgIpc) is 0.826. The second kappa shape index (κ2) is 45.6. The first-order valence-corrected chi connectivity index (χ1v) is 42.4. The fourth-order valence-electron chi connectivity index (χ4n) is 7.83. The quantitative estimate of drug-likeness (QED) is 0.0979. The van der Waals surface area contributed by atoms with Crippen LogP contribution in [0.5, 0.6) is 17.2 Å². The molecule has 49 heteroatoms. The maximum Gasteiger partial charge on any atom is 0.250 e. The Bertz CT molecular complexity index is 4820. The van der Waals surface area contributed by atoms with E-state index in [0.29, 0.717) is 16.5 Å². The van der Waals surface area contributed by atoms with Gasteiger partial charge in [0.1, 0.15) is 5.75 Å². The van der Waals surface area contributed by atoms with Gasteiger partial charge in [-0.2, -0.15) is 0 Å². The Balaban J connectivity index is 0.000000227. The molecule has 0 unspecified atom stereocenters. The van der Waals surface area contributed by atoms with E-state index in [0.717, 1.165) is 33.6 Å². The molecule has 18 nitrogen and oxygen atoms in total. The molecule has 5 aromatic heterocycles. The summed E-state index contributed by atoms with van der Waals surface area (Å²) in [6.45, 7) is 0. The number of halogens is 31. The van der Waals surface area contributed by atoms with Crippen LogP contribution >= 0.6 is 360 Å². The van der Waals surface area contributed by atoms with Gasteiger partial charge in [0.2, 0.25) is 37.9 Å². The molecule has 0 saturated carbocycles. The van der Waals surface area contributed by atoms with Crippen molar-refractivity contribution in [1.29, 1.82) is 0 Å². The third-order valence-electron chi connectivity index (χ3n) is 12.9. The van der Waals surface area contributed by atoms with Crippen LogP contribution < -0.4 is 14.2 Å². The Morgan fingerprint density at radius 1 is 0.205 bits per heavy atom. The Morgan fingerprint density at radius 3 is 0.607 bits per heavy atom. The van der Waals surface area contributed by atoms with Gasteiger partial charge in [0.25, 0.3) is 0 Å². The van der Waals surface area contributed by atoms with E-state index in [1.54, 1.807) is 99.2 Å². The highest BCUT2D eigenvalue weighted by molar-refractivity contribution is 6.71. The number of methoxy groups -OCH3 is 3. The molecule has 0 spiro atoms. The largest absolute Gasteiger partial charge is 0.497 e. The lowest BCUT2D eigenvalue weighted by atomic mass is 10.2. The first kappa shape index (κ1) is 104. The third kappa shape index (κ3) is 36.6. The summed E-state index contributed by atoms with van der Waals surface area (Å²) in [4.78, 5) is 60.0. The van der Waals surface area contributed by atoms with E-state index < -0.39 is 37.9 Å². The van der Waals surface area contributed by atoms with Crippen molar-refractivity contribution >= 4 is 420 Å². The second-order valence-electron chi connectivity index (χ2n) is 21.6. The molecule has 0 saturated heterocycles. The van der Waals surface area contributed by atoms with E-state index in [4.69, 9.17) is 374 Å². The van der Waals surface area contributed by atoms with Gasteiger partial charge in [-0.1, -0.05) is 481 Å². The van der Waals surface area contributed by atoms with Crippen LogP contribution in [0.3, 0.4) is 0 Å². The summed E-state index contributed by atoms with van der Waals surface area (Å²) in [5.74, 6) is 1.45. The van der Waals surface area contributed by atoms with Gasteiger partial charge in [-0.15, -0.1) is 0 Å². The van der Waals surface area contributed by atoms with E-state index in [-0.39, 0.29) is 87.4 Å². The normalized spacial score (nSPS) is 12.7. The molecular formula is C68H40Cl31N15O3. The van der Waals surface area contributed by atoms with Gasteiger partial charge in [0.15, 0.2) is 98.9 Å².